The highest BCUT2D eigenvalue weighted by Crippen LogP contribution is 2.12. The maximum Gasteiger partial charge on any atom is 0.305 e. The lowest BCUT2D eigenvalue weighted by atomic mass is 10.1. The van der Waals surface area contributed by atoms with Crippen LogP contribution in [0.15, 0.2) is 60.8 Å². The van der Waals surface area contributed by atoms with Crippen LogP contribution in [0.1, 0.15) is 213 Å². The van der Waals surface area contributed by atoms with Gasteiger partial charge in [0.05, 0.1) is 25.4 Å². The van der Waals surface area contributed by atoms with Gasteiger partial charge >= 0.3 is 5.97 Å². The topological polar surface area (TPSA) is 95.9 Å². The molecule has 0 aliphatic rings. The summed E-state index contributed by atoms with van der Waals surface area (Å²) in [6.07, 6.45) is 55.1. The first-order valence-corrected chi connectivity index (χ1v) is 23.1. The van der Waals surface area contributed by atoms with Gasteiger partial charge in [-0.25, -0.2) is 0 Å². The van der Waals surface area contributed by atoms with Gasteiger partial charge in [-0.2, -0.15) is 0 Å². The van der Waals surface area contributed by atoms with Crippen molar-refractivity contribution in [2.75, 3.05) is 13.2 Å². The molecule has 3 N–H and O–H groups in total. The molecule has 0 aromatic heterocycles. The Balaban J connectivity index is 3.59. The van der Waals surface area contributed by atoms with Crippen molar-refractivity contribution in [1.82, 2.24) is 5.32 Å². The molecule has 0 bridgehead atoms. The summed E-state index contributed by atoms with van der Waals surface area (Å²) < 4.78 is 5.44. The average molecular weight is 770 g/mol. The zero-order valence-corrected chi connectivity index (χ0v) is 35.9. The van der Waals surface area contributed by atoms with Crippen LogP contribution in [-0.4, -0.2) is 47.4 Å². The number of aliphatic hydroxyl groups is 2. The number of hydrogen-bond acceptors (Lipinski definition) is 5. The lowest BCUT2D eigenvalue weighted by molar-refractivity contribution is -0.143. The van der Waals surface area contributed by atoms with Crippen LogP contribution < -0.4 is 5.32 Å². The van der Waals surface area contributed by atoms with E-state index in [0.717, 1.165) is 64.2 Å². The number of nitrogens with one attached hydrogen (secondary N) is 1. The quantitative estimate of drug-likeness (QED) is 0.0327. The van der Waals surface area contributed by atoms with Gasteiger partial charge in [-0.15, -0.1) is 0 Å². The molecule has 0 aromatic rings. The molecule has 2 atom stereocenters. The van der Waals surface area contributed by atoms with Crippen molar-refractivity contribution in [2.45, 2.75) is 225 Å². The predicted octanol–water partition coefficient (Wildman–Crippen LogP) is 13.3. The van der Waals surface area contributed by atoms with Crippen LogP contribution >= 0.6 is 0 Å². The zero-order valence-electron chi connectivity index (χ0n) is 35.9. The molecule has 0 saturated carbocycles. The summed E-state index contributed by atoms with van der Waals surface area (Å²) in [6, 6.07) is -0.671. The molecule has 0 aliphatic carbocycles. The molecule has 0 heterocycles. The van der Waals surface area contributed by atoms with E-state index in [0.29, 0.717) is 25.9 Å². The van der Waals surface area contributed by atoms with E-state index in [4.69, 9.17) is 4.74 Å². The smallest absolute Gasteiger partial charge is 0.305 e. The van der Waals surface area contributed by atoms with E-state index < -0.39 is 12.1 Å². The first-order chi connectivity index (χ1) is 27.0. The third kappa shape index (κ3) is 41.0. The van der Waals surface area contributed by atoms with Crippen LogP contribution in [0.5, 0.6) is 0 Å². The van der Waals surface area contributed by atoms with Crippen LogP contribution in [0.2, 0.25) is 0 Å². The van der Waals surface area contributed by atoms with Gasteiger partial charge in [0.1, 0.15) is 0 Å². The SMILES string of the molecule is CCCCCC/C=C\C/C=C\CCCCCCCC(=O)OCCCCCCCC/C=C\C/C=C\CCC(=O)NC(CO)C(O)/C=C/CCCCCCCCC. The van der Waals surface area contributed by atoms with Crippen molar-refractivity contribution in [2.24, 2.45) is 0 Å². The van der Waals surface area contributed by atoms with Crippen molar-refractivity contribution < 1.29 is 24.5 Å². The van der Waals surface area contributed by atoms with E-state index >= 15 is 0 Å². The van der Waals surface area contributed by atoms with Crippen molar-refractivity contribution >= 4 is 11.9 Å². The number of allylic oxidation sites excluding steroid dienone is 9. The van der Waals surface area contributed by atoms with Gasteiger partial charge in [0.2, 0.25) is 5.91 Å². The number of unbranched alkanes of at least 4 members (excludes halogenated alkanes) is 22. The second-order valence-corrected chi connectivity index (χ2v) is 15.4. The molecule has 318 valence electrons. The Labute approximate surface area is 339 Å². The van der Waals surface area contributed by atoms with Crippen LogP contribution in [-0.2, 0) is 14.3 Å². The largest absolute Gasteiger partial charge is 0.466 e. The van der Waals surface area contributed by atoms with Crippen LogP contribution in [0, 0.1) is 0 Å². The fourth-order valence-corrected chi connectivity index (χ4v) is 6.42. The summed E-state index contributed by atoms with van der Waals surface area (Å²) in [6.45, 7) is 4.75. The molecule has 0 aliphatic heterocycles. The second-order valence-electron chi connectivity index (χ2n) is 15.4. The second kappa shape index (κ2) is 44.3. The summed E-state index contributed by atoms with van der Waals surface area (Å²) in [5.74, 6) is -0.189. The number of hydrogen-bond donors (Lipinski definition) is 3. The third-order valence-corrected chi connectivity index (χ3v) is 10.0. The molecule has 6 nitrogen and oxygen atoms in total. The molecule has 0 spiro atoms. The number of amides is 1. The highest BCUT2D eigenvalue weighted by atomic mass is 16.5. The number of carbonyl (C=O) groups excluding carboxylic acids is 2. The van der Waals surface area contributed by atoms with Gasteiger partial charge in [-0.1, -0.05) is 177 Å². The van der Waals surface area contributed by atoms with Gasteiger partial charge in [0.25, 0.3) is 0 Å². The highest BCUT2D eigenvalue weighted by molar-refractivity contribution is 5.76. The number of rotatable bonds is 41. The molecular formula is C49H87NO5. The monoisotopic (exact) mass is 770 g/mol. The summed E-state index contributed by atoms with van der Waals surface area (Å²) in [5.41, 5.74) is 0. The number of ether oxygens (including phenoxy) is 1. The maximum absolute atomic E-state index is 12.3. The van der Waals surface area contributed by atoms with Crippen molar-refractivity contribution in [3.05, 3.63) is 60.8 Å². The molecule has 2 unspecified atom stereocenters. The Morgan fingerprint density at radius 2 is 0.927 bits per heavy atom. The van der Waals surface area contributed by atoms with E-state index in [1.54, 1.807) is 6.08 Å². The lowest BCUT2D eigenvalue weighted by Crippen LogP contribution is -2.45. The Kier molecular flexibility index (Phi) is 42.3. The summed E-state index contributed by atoms with van der Waals surface area (Å²) in [7, 11) is 0. The van der Waals surface area contributed by atoms with Gasteiger partial charge in [-0.05, 0) is 83.5 Å². The van der Waals surface area contributed by atoms with Crippen molar-refractivity contribution in [3.63, 3.8) is 0 Å². The Hall–Kier alpha value is -2.44. The summed E-state index contributed by atoms with van der Waals surface area (Å²) >= 11 is 0. The van der Waals surface area contributed by atoms with Crippen molar-refractivity contribution in [1.29, 1.82) is 0 Å². The minimum Gasteiger partial charge on any atom is -0.466 e. The zero-order chi connectivity index (χ0) is 40.1. The lowest BCUT2D eigenvalue weighted by Gasteiger charge is -2.19. The minimum atomic E-state index is -0.878. The molecule has 55 heavy (non-hydrogen) atoms. The number of carbonyl (C=O) groups is 2. The number of esters is 1. The molecule has 0 aromatic carbocycles. The molecule has 0 fully saturated rings. The van der Waals surface area contributed by atoms with E-state index in [2.05, 4.69) is 61.7 Å². The van der Waals surface area contributed by atoms with E-state index in [-0.39, 0.29) is 18.5 Å². The van der Waals surface area contributed by atoms with Crippen LogP contribution in [0.25, 0.3) is 0 Å². The number of aliphatic hydroxyl groups excluding tert-OH is 2. The Bertz CT molecular complexity index is 984. The van der Waals surface area contributed by atoms with Gasteiger partial charge in [0, 0.05) is 12.8 Å². The molecule has 0 rings (SSSR count). The first kappa shape index (κ1) is 52.6. The third-order valence-electron chi connectivity index (χ3n) is 10.0. The summed E-state index contributed by atoms with van der Waals surface area (Å²) in [4.78, 5) is 24.3. The first-order valence-electron chi connectivity index (χ1n) is 23.1. The fourth-order valence-electron chi connectivity index (χ4n) is 6.42. The van der Waals surface area contributed by atoms with Gasteiger partial charge in [-0.3, -0.25) is 9.59 Å². The standard InChI is InChI=1S/C49H87NO5/c1-3-5-7-9-11-13-14-15-16-17-20-23-27-31-35-39-43-49(54)55-44-40-36-32-28-24-21-18-19-22-26-30-34-38-42-48(53)50-46(45-51)47(52)41-37-33-29-25-12-10-8-6-4-2/h13-14,16-17,19,22,30,34,37,41,46-47,51-52H,3-12,15,18,20-21,23-29,31-33,35-36,38-40,42-45H2,1-2H3,(H,50,53)/b14-13-,17-16-,22-19-,34-30-,41-37+. The molecular weight excluding hydrogens is 683 g/mol. The summed E-state index contributed by atoms with van der Waals surface area (Å²) in [5, 5.41) is 22.8. The fraction of sp³-hybridized carbons (Fsp3) is 0.755. The minimum absolute atomic E-state index is 0.0340. The van der Waals surface area contributed by atoms with E-state index in [1.807, 2.05) is 12.2 Å². The molecule has 6 heteroatoms. The molecule has 0 radical (unpaired) electrons. The Morgan fingerprint density at radius 3 is 1.44 bits per heavy atom. The van der Waals surface area contributed by atoms with E-state index in [1.165, 1.54) is 116 Å². The van der Waals surface area contributed by atoms with Gasteiger partial charge in [0.15, 0.2) is 0 Å². The van der Waals surface area contributed by atoms with Crippen LogP contribution in [0.3, 0.4) is 0 Å². The normalized spacial score (nSPS) is 13.3. The van der Waals surface area contributed by atoms with E-state index in [9.17, 15) is 19.8 Å². The highest BCUT2D eigenvalue weighted by Gasteiger charge is 2.17. The molecule has 0 saturated heterocycles. The Morgan fingerprint density at radius 1 is 0.509 bits per heavy atom. The molecule has 1 amide bonds. The van der Waals surface area contributed by atoms with Crippen LogP contribution in [0.4, 0.5) is 0 Å². The van der Waals surface area contributed by atoms with Gasteiger partial charge < -0.3 is 20.3 Å². The van der Waals surface area contributed by atoms with Crippen molar-refractivity contribution in [3.8, 4) is 0 Å². The predicted molar refractivity (Wildman–Crippen MR) is 236 cm³/mol. The maximum atomic E-state index is 12.3. The average Bonchev–Trinajstić information content (AvgIpc) is 3.18.